The highest BCUT2D eigenvalue weighted by molar-refractivity contribution is 7.89. The third-order valence-corrected chi connectivity index (χ3v) is 13.2. The van der Waals surface area contributed by atoms with E-state index < -0.39 is 63.7 Å². The minimum atomic E-state index is -4.30. The summed E-state index contributed by atoms with van der Waals surface area (Å²) in [5.41, 5.74) is 0.562. The predicted molar refractivity (Wildman–Crippen MR) is 240 cm³/mol. The molecule has 0 amide bonds. The Kier molecular flexibility index (Phi) is 14.4. The molecule has 10 N–H and O–H groups in total. The van der Waals surface area contributed by atoms with E-state index in [1.54, 1.807) is 0 Å². The van der Waals surface area contributed by atoms with E-state index in [0.717, 1.165) is 17.1 Å². The van der Waals surface area contributed by atoms with Crippen molar-refractivity contribution in [1.29, 1.82) is 0 Å². The van der Waals surface area contributed by atoms with Gasteiger partial charge in [0.2, 0.25) is 20.0 Å². The molecule has 0 spiro atoms. The van der Waals surface area contributed by atoms with Gasteiger partial charge in [0.05, 0.1) is 33.5 Å². The second-order valence-electron chi connectivity index (χ2n) is 15.3. The number of phenolic OH excluding ortho intramolecular Hbond substituents is 2. The zero-order chi connectivity index (χ0) is 46.2. The quantitative estimate of drug-likeness (QED) is 0.0966. The normalized spacial score (nSPS) is 17.6. The van der Waals surface area contributed by atoms with Gasteiger partial charge in [0.1, 0.15) is 32.8 Å². The molecule has 62 heavy (non-hydrogen) atoms. The van der Waals surface area contributed by atoms with Gasteiger partial charge in [-0.25, -0.2) is 35.5 Å². The van der Waals surface area contributed by atoms with Gasteiger partial charge in [-0.05, 0) is 80.1 Å². The highest BCUT2D eigenvalue weighted by Crippen LogP contribution is 2.39. The third-order valence-electron chi connectivity index (χ3n) is 9.01. The van der Waals surface area contributed by atoms with Gasteiger partial charge in [-0.2, -0.15) is 0 Å². The first-order chi connectivity index (χ1) is 28.6. The van der Waals surface area contributed by atoms with Crippen LogP contribution in [-0.2, 0) is 42.4 Å². The van der Waals surface area contributed by atoms with Crippen LogP contribution in [0.25, 0.3) is 0 Å². The summed E-state index contributed by atoms with van der Waals surface area (Å²) in [5.74, 6) is 1.93. The average Bonchev–Trinajstić information content (AvgIpc) is 3.89. The molecular formula is C36H44Cl2N10O10S4. The van der Waals surface area contributed by atoms with Crippen LogP contribution in [0.5, 0.6) is 11.5 Å². The Labute approximate surface area is 372 Å². The Morgan fingerprint density at radius 1 is 0.694 bits per heavy atom. The molecule has 0 radical (unpaired) electrons. The van der Waals surface area contributed by atoms with Crippen LogP contribution in [0.4, 0.5) is 11.4 Å². The van der Waals surface area contributed by atoms with E-state index in [9.17, 15) is 35.5 Å². The van der Waals surface area contributed by atoms with Crippen LogP contribution >= 0.6 is 23.2 Å². The fraction of sp³-hybridized carbons (Fsp3) is 0.333. The number of aryl methyl sites for hydroxylation is 3. The summed E-state index contributed by atoms with van der Waals surface area (Å²) in [6.07, 6.45) is 0. The van der Waals surface area contributed by atoms with Crippen LogP contribution in [-0.4, -0.2) is 58.8 Å². The van der Waals surface area contributed by atoms with Crippen LogP contribution in [0.2, 0.25) is 10.0 Å². The number of amidine groups is 4. The molecule has 0 bridgehead atoms. The van der Waals surface area contributed by atoms with Crippen LogP contribution < -0.4 is 31.5 Å². The molecule has 336 valence electrons. The van der Waals surface area contributed by atoms with Crippen molar-refractivity contribution in [2.24, 2.45) is 39.2 Å². The van der Waals surface area contributed by atoms with E-state index in [2.05, 4.69) is 38.9 Å². The molecule has 6 rings (SSSR count). The molecule has 2 aliphatic heterocycles. The molecule has 4 heterocycles. The molecule has 2 unspecified atom stereocenters. The lowest BCUT2D eigenvalue weighted by molar-refractivity contribution is 0.261. The number of hydrogen-bond acceptors (Lipinski definition) is 14. The molecule has 2 aromatic carbocycles. The number of furan rings is 2. The van der Waals surface area contributed by atoms with Crippen LogP contribution in [0.15, 0.2) is 78.7 Å². The average molecular weight is 976 g/mol. The number of halogens is 2. The number of anilines is 2. The van der Waals surface area contributed by atoms with E-state index in [-0.39, 0.29) is 68.2 Å². The maximum Gasteiger partial charge on any atom is 0.269 e. The van der Waals surface area contributed by atoms with Gasteiger partial charge in [-0.15, -0.1) is 17.6 Å². The topological polar surface area (TPSA) is 319 Å². The van der Waals surface area contributed by atoms with Crippen molar-refractivity contribution in [3.05, 3.63) is 81.1 Å². The predicted octanol–water partition coefficient (Wildman–Crippen LogP) is 5.46. The standard InChI is InChI=1S/2C18H22ClN5O5S2/c1-9-5-8-12(29-9)15(18(2,3)4)22-17-16(23-30(26)24-17)21-11-7-6-10(19)14(13(11)25)31(20,27)28;1-8(2)14(13-7-9(3)10(4)29-13)22-18-17(23-30(26)24-18)21-12-6-5-11(19)16(15(12)25)31(20,27)28/h5-8,15,25H,1-4H3,(H,21,23)(H,22,24)(H2,20,27,28);5-8,14,25H,1-4H3,(H,21,23)(H,22,24)(H2,20,27,28)/t15-,30?;14-,30?/m01/s1. The maximum atomic E-state index is 12.0. The molecule has 0 fully saturated rings. The molecule has 20 nitrogen and oxygen atoms in total. The summed E-state index contributed by atoms with van der Waals surface area (Å²) in [7, 11) is -8.59. The molecule has 2 aromatic heterocycles. The number of nitrogens with zero attached hydrogens (tertiary/aromatic N) is 4. The van der Waals surface area contributed by atoms with Gasteiger partial charge in [0.15, 0.2) is 34.8 Å². The van der Waals surface area contributed by atoms with Crippen molar-refractivity contribution in [3.8, 4) is 11.5 Å². The van der Waals surface area contributed by atoms with Gasteiger partial charge < -0.3 is 40.3 Å². The fourth-order valence-electron chi connectivity index (χ4n) is 5.90. The second kappa shape index (κ2) is 18.5. The monoisotopic (exact) mass is 974 g/mol. The van der Waals surface area contributed by atoms with Crippen molar-refractivity contribution in [2.75, 3.05) is 10.6 Å². The fourth-order valence-corrected chi connectivity index (χ4v) is 9.54. The summed E-state index contributed by atoms with van der Waals surface area (Å²) in [4.78, 5) is -1.27. The highest BCUT2D eigenvalue weighted by atomic mass is 35.5. The highest BCUT2D eigenvalue weighted by Gasteiger charge is 2.34. The largest absolute Gasteiger partial charge is 0.504 e. The number of phenols is 2. The summed E-state index contributed by atoms with van der Waals surface area (Å²) >= 11 is 7.92. The van der Waals surface area contributed by atoms with Gasteiger partial charge in [0, 0.05) is 0 Å². The van der Waals surface area contributed by atoms with Crippen molar-refractivity contribution in [3.63, 3.8) is 0 Å². The number of aromatic hydroxyl groups is 2. The number of primary sulfonamides is 2. The van der Waals surface area contributed by atoms with Gasteiger partial charge in [-0.1, -0.05) is 57.8 Å². The number of benzene rings is 2. The lowest BCUT2D eigenvalue weighted by atomic mass is 9.85. The molecule has 4 aromatic rings. The third kappa shape index (κ3) is 11.2. The first-order valence-electron chi connectivity index (χ1n) is 18.1. The zero-order valence-electron chi connectivity index (χ0n) is 34.3. The lowest BCUT2D eigenvalue weighted by Gasteiger charge is -2.30. The Hall–Kier alpha value is -4.82. The molecule has 4 atom stereocenters. The van der Waals surface area contributed by atoms with Crippen LogP contribution in [0.3, 0.4) is 0 Å². The van der Waals surface area contributed by atoms with Crippen LogP contribution in [0.1, 0.15) is 75.3 Å². The zero-order valence-corrected chi connectivity index (χ0v) is 39.0. The minimum absolute atomic E-state index is 0.0360. The maximum absolute atomic E-state index is 12.0. The lowest BCUT2D eigenvalue weighted by Crippen LogP contribution is -2.41. The SMILES string of the molecule is Cc1cc([C@H](NC2=NS(=O)N=C2Nc2ccc(Cl)c(S(N)(=O)=O)c2O)C(C)C)oc1C.Cc1ccc([C@H](NC2=NS(=O)N=C2Nc2ccc(Cl)c(S(N)(=O)=O)c2O)C(C)(C)C)o1. The molecule has 0 saturated heterocycles. The Balaban J connectivity index is 0.000000234. The summed E-state index contributed by atoms with van der Waals surface area (Å²) < 4.78 is 98.5. The first-order valence-corrected chi connectivity index (χ1v) is 24.1. The molecule has 0 aliphatic carbocycles. The second-order valence-corrected chi connectivity index (χ2v) is 20.7. The number of hydrogen-bond donors (Lipinski definition) is 8. The van der Waals surface area contributed by atoms with E-state index in [1.165, 1.54) is 24.3 Å². The number of rotatable bonds is 9. The van der Waals surface area contributed by atoms with E-state index in [4.69, 9.17) is 42.3 Å². The number of nitrogens with two attached hydrogens (primary N) is 2. The van der Waals surface area contributed by atoms with E-state index >= 15 is 0 Å². The summed E-state index contributed by atoms with van der Waals surface area (Å²) in [5, 5.41) is 42.4. The summed E-state index contributed by atoms with van der Waals surface area (Å²) in [6, 6.07) is 10.1. The number of sulfonamides is 2. The van der Waals surface area contributed by atoms with Crippen molar-refractivity contribution < 1.29 is 44.3 Å². The number of nitrogens with one attached hydrogen (secondary N) is 4. The van der Waals surface area contributed by atoms with E-state index in [0.29, 0.717) is 11.5 Å². The smallest absolute Gasteiger partial charge is 0.269 e. The molecule has 2 aliphatic rings. The van der Waals surface area contributed by atoms with Gasteiger partial charge in [-0.3, -0.25) is 0 Å². The van der Waals surface area contributed by atoms with Crippen molar-refractivity contribution in [1.82, 2.24) is 10.6 Å². The molecule has 0 saturated carbocycles. The Morgan fingerprint density at radius 2 is 1.15 bits per heavy atom. The molecule has 26 heteroatoms. The van der Waals surface area contributed by atoms with Crippen LogP contribution in [0, 0.1) is 32.1 Å². The summed E-state index contributed by atoms with van der Waals surface area (Å²) in [6.45, 7) is 15.5. The van der Waals surface area contributed by atoms with E-state index in [1.807, 2.05) is 73.6 Å². The Bertz CT molecular complexity index is 2790. The molecular weight excluding hydrogens is 932 g/mol. The first kappa shape index (κ1) is 48.2. The van der Waals surface area contributed by atoms with Gasteiger partial charge >= 0.3 is 0 Å². The van der Waals surface area contributed by atoms with Gasteiger partial charge in [0.25, 0.3) is 22.3 Å². The van der Waals surface area contributed by atoms with Crippen molar-refractivity contribution >= 4 is 100 Å². The minimum Gasteiger partial charge on any atom is -0.504 e. The Morgan fingerprint density at radius 3 is 1.52 bits per heavy atom. The van der Waals surface area contributed by atoms with Crippen molar-refractivity contribution in [2.45, 2.75) is 77.3 Å².